The van der Waals surface area contributed by atoms with E-state index in [1.807, 2.05) is 0 Å². The minimum Gasteiger partial charge on any atom is -0.481 e. The number of rotatable bonds is 9. The fourth-order valence-corrected chi connectivity index (χ4v) is 3.70. The molecule has 4 amide bonds. The van der Waals surface area contributed by atoms with Gasteiger partial charge >= 0.3 is 18.0 Å². The van der Waals surface area contributed by atoms with Crippen molar-refractivity contribution in [1.82, 2.24) is 16.0 Å². The van der Waals surface area contributed by atoms with E-state index in [9.17, 15) is 29.1 Å². The predicted octanol–water partition coefficient (Wildman–Crippen LogP) is 2.65. The number of nitrogens with one attached hydrogen (secondary N) is 4. The third-order valence-electron chi connectivity index (χ3n) is 5.37. The highest BCUT2D eigenvalue weighted by atomic mass is 35.5. The molecule has 0 bridgehead atoms. The Morgan fingerprint density at radius 2 is 1.64 bits per heavy atom. The van der Waals surface area contributed by atoms with Crippen LogP contribution in [-0.2, 0) is 14.4 Å². The number of carboxylic acids is 2. The van der Waals surface area contributed by atoms with Gasteiger partial charge in [-0.25, -0.2) is 9.59 Å². The number of hydrogen-bond acceptors (Lipinski definition) is 5. The van der Waals surface area contributed by atoms with Gasteiger partial charge in [0.2, 0.25) is 0 Å². The largest absolute Gasteiger partial charge is 0.481 e. The van der Waals surface area contributed by atoms with Gasteiger partial charge in [0, 0.05) is 28.4 Å². The van der Waals surface area contributed by atoms with Crippen molar-refractivity contribution in [3.8, 4) is 0 Å². The maximum absolute atomic E-state index is 13.1. The van der Waals surface area contributed by atoms with Crippen LogP contribution in [0.25, 0.3) is 0 Å². The summed E-state index contributed by atoms with van der Waals surface area (Å²) >= 11 is 5.95. The lowest BCUT2D eigenvalue weighted by Crippen LogP contribution is -2.45. The number of urea groups is 1. The molecule has 1 aliphatic rings. The molecule has 3 rings (SSSR count). The predicted molar refractivity (Wildman–Crippen MR) is 129 cm³/mol. The molecule has 0 saturated carbocycles. The topological polar surface area (TPSA) is 174 Å². The molecular weight excluding hydrogens is 492 g/mol. The van der Waals surface area contributed by atoms with E-state index in [1.165, 1.54) is 24.3 Å². The van der Waals surface area contributed by atoms with Gasteiger partial charge in [-0.3, -0.25) is 14.4 Å². The highest BCUT2D eigenvalue weighted by molar-refractivity contribution is 6.30. The lowest BCUT2D eigenvalue weighted by Gasteiger charge is -2.28. The second kappa shape index (κ2) is 11.4. The van der Waals surface area contributed by atoms with Crippen molar-refractivity contribution in [3.63, 3.8) is 0 Å². The number of carboxylic acid groups (broad SMARTS) is 2. The van der Waals surface area contributed by atoms with Gasteiger partial charge in [-0.05, 0) is 55.3 Å². The smallest absolute Gasteiger partial charge is 0.326 e. The summed E-state index contributed by atoms with van der Waals surface area (Å²) in [7, 11) is 0. The highest BCUT2D eigenvalue weighted by Gasteiger charge is 2.31. The Kier molecular flexibility index (Phi) is 8.28. The van der Waals surface area contributed by atoms with E-state index < -0.39 is 48.3 Å². The summed E-state index contributed by atoms with van der Waals surface area (Å²) in [6.45, 7) is 1.60. The summed E-state index contributed by atoms with van der Waals surface area (Å²) in [5, 5.41) is 28.8. The summed E-state index contributed by atoms with van der Waals surface area (Å²) in [5.74, 6) is -3.71. The number of hydrogen-bond donors (Lipinski definition) is 6. The second-order valence-corrected chi connectivity index (χ2v) is 8.39. The normalized spacial score (nSPS) is 15.8. The Morgan fingerprint density at radius 1 is 1.00 bits per heavy atom. The molecule has 11 nitrogen and oxygen atoms in total. The maximum atomic E-state index is 13.1. The standard InChI is InChI=1S/C24H23ClN4O7/c1-12-19(20(29-24(36)26-12)13-2-6-15(25)7-3-13)22(33)27-16-8-4-14(5-9-16)21(32)28-17(23(34)35)10-11-18(30)31/h2-9,17,20H,10-11H2,1H3,(H,27,33)(H,28,32)(H,30,31)(H,34,35)(H2,26,29,36). The molecule has 1 aliphatic heterocycles. The first-order valence-corrected chi connectivity index (χ1v) is 11.1. The molecule has 2 atom stereocenters. The lowest BCUT2D eigenvalue weighted by molar-refractivity contribution is -0.140. The number of allylic oxidation sites excluding steroid dienone is 1. The summed E-state index contributed by atoms with van der Waals surface area (Å²) in [6, 6.07) is 9.86. The third kappa shape index (κ3) is 6.60. The number of amides is 4. The molecule has 0 radical (unpaired) electrons. The van der Waals surface area contributed by atoms with Crippen LogP contribution in [0.3, 0.4) is 0 Å². The van der Waals surface area contributed by atoms with Crippen LogP contribution in [-0.4, -0.2) is 46.0 Å². The first-order chi connectivity index (χ1) is 17.0. The molecule has 36 heavy (non-hydrogen) atoms. The van der Waals surface area contributed by atoms with Crippen LogP contribution in [0.1, 0.15) is 41.7 Å². The van der Waals surface area contributed by atoms with E-state index in [4.69, 9.17) is 16.7 Å². The van der Waals surface area contributed by atoms with Gasteiger partial charge < -0.3 is 31.5 Å². The van der Waals surface area contributed by atoms with Gasteiger partial charge in [0.25, 0.3) is 11.8 Å². The fourth-order valence-electron chi connectivity index (χ4n) is 3.57. The van der Waals surface area contributed by atoms with Crippen LogP contribution < -0.4 is 21.3 Å². The SMILES string of the molecule is CC1=C(C(=O)Nc2ccc(C(=O)NC(CCC(=O)O)C(=O)O)cc2)C(c2ccc(Cl)cc2)NC(=O)N1. The van der Waals surface area contributed by atoms with Crippen LogP contribution in [0.15, 0.2) is 59.8 Å². The molecule has 2 unspecified atom stereocenters. The molecule has 0 spiro atoms. The zero-order valence-corrected chi connectivity index (χ0v) is 19.8. The molecule has 0 fully saturated rings. The first kappa shape index (κ1) is 26.2. The van der Waals surface area contributed by atoms with E-state index in [0.29, 0.717) is 22.0 Å². The molecule has 1 heterocycles. The van der Waals surface area contributed by atoms with Crippen molar-refractivity contribution in [2.24, 2.45) is 0 Å². The monoisotopic (exact) mass is 514 g/mol. The summed E-state index contributed by atoms with van der Waals surface area (Å²) in [6.07, 6.45) is -0.678. The summed E-state index contributed by atoms with van der Waals surface area (Å²) in [5.41, 5.74) is 1.77. The minimum atomic E-state index is -1.36. The summed E-state index contributed by atoms with van der Waals surface area (Å²) < 4.78 is 0. The quantitative estimate of drug-likeness (QED) is 0.298. The molecule has 6 N–H and O–H groups in total. The van der Waals surface area contributed by atoms with Gasteiger partial charge in [0.1, 0.15) is 6.04 Å². The number of anilines is 1. The number of carbonyl (C=O) groups is 5. The van der Waals surface area contributed by atoms with Gasteiger partial charge in [0.15, 0.2) is 0 Å². The number of aliphatic carboxylic acids is 2. The molecule has 2 aromatic carbocycles. The maximum Gasteiger partial charge on any atom is 0.326 e. The van der Waals surface area contributed by atoms with E-state index in [1.54, 1.807) is 31.2 Å². The van der Waals surface area contributed by atoms with Gasteiger partial charge in [0.05, 0.1) is 11.6 Å². The van der Waals surface area contributed by atoms with Gasteiger partial charge in [-0.2, -0.15) is 0 Å². The fraction of sp³-hybridized carbons (Fsp3) is 0.208. The Hall–Kier alpha value is -4.38. The first-order valence-electron chi connectivity index (χ1n) is 10.8. The molecule has 0 aromatic heterocycles. The highest BCUT2D eigenvalue weighted by Crippen LogP contribution is 2.28. The number of halogens is 1. The van der Waals surface area contributed by atoms with Gasteiger partial charge in [-0.1, -0.05) is 23.7 Å². The van der Waals surface area contributed by atoms with Crippen LogP contribution >= 0.6 is 11.6 Å². The van der Waals surface area contributed by atoms with E-state index in [0.717, 1.165) is 0 Å². The van der Waals surface area contributed by atoms with E-state index in [2.05, 4.69) is 21.3 Å². The Morgan fingerprint density at radius 3 is 2.22 bits per heavy atom. The van der Waals surface area contributed by atoms with Gasteiger partial charge in [-0.15, -0.1) is 0 Å². The molecule has 188 valence electrons. The molecule has 0 aliphatic carbocycles. The third-order valence-corrected chi connectivity index (χ3v) is 5.62. The zero-order valence-electron chi connectivity index (χ0n) is 19.0. The molecule has 2 aromatic rings. The van der Waals surface area contributed by atoms with Crippen LogP contribution in [0.2, 0.25) is 5.02 Å². The lowest BCUT2D eigenvalue weighted by atomic mass is 9.95. The Balaban J connectivity index is 1.72. The number of carbonyl (C=O) groups excluding carboxylic acids is 3. The van der Waals surface area contributed by atoms with E-state index in [-0.39, 0.29) is 17.6 Å². The minimum absolute atomic E-state index is 0.121. The Labute approximate surface area is 210 Å². The molecule has 12 heteroatoms. The molecule has 0 saturated heterocycles. The van der Waals surface area contributed by atoms with Crippen molar-refractivity contribution in [1.29, 1.82) is 0 Å². The van der Waals surface area contributed by atoms with Crippen LogP contribution in [0.4, 0.5) is 10.5 Å². The average Bonchev–Trinajstić information content (AvgIpc) is 2.81. The van der Waals surface area contributed by atoms with Crippen LogP contribution in [0, 0.1) is 0 Å². The van der Waals surface area contributed by atoms with Crippen molar-refractivity contribution in [3.05, 3.63) is 76.0 Å². The Bertz CT molecular complexity index is 1230. The van der Waals surface area contributed by atoms with Crippen molar-refractivity contribution >= 4 is 47.1 Å². The number of benzene rings is 2. The average molecular weight is 515 g/mol. The zero-order chi connectivity index (χ0) is 26.4. The van der Waals surface area contributed by atoms with E-state index >= 15 is 0 Å². The van der Waals surface area contributed by atoms with Crippen molar-refractivity contribution in [2.45, 2.75) is 31.8 Å². The molecular formula is C24H23ClN4O7. The summed E-state index contributed by atoms with van der Waals surface area (Å²) in [4.78, 5) is 59.6. The van der Waals surface area contributed by atoms with Crippen molar-refractivity contribution < 1.29 is 34.2 Å². The van der Waals surface area contributed by atoms with Crippen molar-refractivity contribution in [2.75, 3.05) is 5.32 Å². The second-order valence-electron chi connectivity index (χ2n) is 7.95. The van der Waals surface area contributed by atoms with Crippen LogP contribution in [0.5, 0.6) is 0 Å².